The summed E-state index contributed by atoms with van der Waals surface area (Å²) in [6, 6.07) is 8.91. The Balaban J connectivity index is 1.78. The third-order valence-corrected chi connectivity index (χ3v) is 5.58. The second-order valence-corrected chi connectivity index (χ2v) is 8.58. The van der Waals surface area contributed by atoms with E-state index in [0.717, 1.165) is 5.56 Å². The van der Waals surface area contributed by atoms with Crippen molar-refractivity contribution in [3.63, 3.8) is 0 Å². The minimum absolute atomic E-state index is 0.0841. The number of rotatable bonds is 4. The summed E-state index contributed by atoms with van der Waals surface area (Å²) < 4.78 is 11.2. The first kappa shape index (κ1) is 17.9. The topological polar surface area (TPSA) is 64.6 Å². The minimum Gasteiger partial charge on any atom is -0.460 e. The maximum Gasteiger partial charge on any atom is 0.324 e. The first-order valence-electron chi connectivity index (χ1n) is 8.78. The Morgan fingerprint density at radius 3 is 2.40 bits per heavy atom. The average molecular weight is 345 g/mol. The number of hydrogen-bond donors (Lipinski definition) is 1. The first-order chi connectivity index (χ1) is 11.6. The van der Waals surface area contributed by atoms with Crippen molar-refractivity contribution in [3.05, 3.63) is 35.9 Å². The lowest BCUT2D eigenvalue weighted by Gasteiger charge is -2.29. The molecule has 25 heavy (non-hydrogen) atoms. The Morgan fingerprint density at radius 2 is 1.84 bits per heavy atom. The van der Waals surface area contributed by atoms with Crippen LogP contribution in [-0.4, -0.2) is 30.1 Å². The largest absolute Gasteiger partial charge is 0.460 e. The molecule has 1 N–H and O–H groups in total. The van der Waals surface area contributed by atoms with Gasteiger partial charge in [-0.1, -0.05) is 44.2 Å². The third kappa shape index (κ3) is 2.84. The van der Waals surface area contributed by atoms with E-state index in [4.69, 9.17) is 9.47 Å². The molecule has 0 radical (unpaired) electrons. The average Bonchev–Trinajstić information content (AvgIpc) is 2.85. The van der Waals surface area contributed by atoms with Gasteiger partial charge in [0.25, 0.3) is 0 Å². The number of esters is 2. The smallest absolute Gasteiger partial charge is 0.324 e. The SMILES string of the molecule is CC(C)(C)OC(=O)[C@H]1NC[C@H]2C(C)(C)[C@@]12C(=O)OCc1ccccc1. The van der Waals surface area contributed by atoms with Crippen LogP contribution in [-0.2, 0) is 25.7 Å². The standard InChI is InChI=1S/C20H27NO4/c1-18(2,3)25-16(22)15-20(14(11-21-15)19(20,4)5)17(23)24-12-13-9-7-6-8-10-13/h6-10,14-15,21H,11-12H2,1-5H3/t14-,15+,20+/m0/s1. The Hall–Kier alpha value is -1.88. The quantitative estimate of drug-likeness (QED) is 0.850. The van der Waals surface area contributed by atoms with E-state index in [2.05, 4.69) is 5.32 Å². The Morgan fingerprint density at radius 1 is 1.20 bits per heavy atom. The highest BCUT2D eigenvalue weighted by molar-refractivity contribution is 5.93. The van der Waals surface area contributed by atoms with Gasteiger partial charge >= 0.3 is 11.9 Å². The van der Waals surface area contributed by atoms with Crippen LogP contribution < -0.4 is 5.32 Å². The highest BCUT2D eigenvalue weighted by atomic mass is 16.6. The van der Waals surface area contributed by atoms with E-state index in [1.807, 2.05) is 65.0 Å². The van der Waals surface area contributed by atoms with Crippen LogP contribution in [0.15, 0.2) is 30.3 Å². The summed E-state index contributed by atoms with van der Waals surface area (Å²) >= 11 is 0. The lowest BCUT2D eigenvalue weighted by Crippen LogP contribution is -2.49. The zero-order chi connectivity index (χ0) is 18.5. The highest BCUT2D eigenvalue weighted by Crippen LogP contribution is 2.73. The zero-order valence-corrected chi connectivity index (χ0v) is 15.6. The minimum atomic E-state index is -0.843. The van der Waals surface area contributed by atoms with E-state index in [0.29, 0.717) is 6.54 Å². The molecule has 0 bridgehead atoms. The van der Waals surface area contributed by atoms with Gasteiger partial charge in [0.2, 0.25) is 0 Å². The van der Waals surface area contributed by atoms with Crippen LogP contribution in [0.3, 0.4) is 0 Å². The number of carbonyl (C=O) groups is 2. The van der Waals surface area contributed by atoms with Crippen molar-refractivity contribution in [2.24, 2.45) is 16.7 Å². The summed E-state index contributed by atoms with van der Waals surface area (Å²) in [6.07, 6.45) is 0. The second kappa shape index (κ2) is 5.84. The summed E-state index contributed by atoms with van der Waals surface area (Å²) in [5.41, 5.74) is -0.787. The van der Waals surface area contributed by atoms with E-state index in [1.165, 1.54) is 0 Å². The molecule has 5 heteroatoms. The molecule has 3 atom stereocenters. The molecule has 2 aliphatic rings. The molecular weight excluding hydrogens is 318 g/mol. The Kier molecular flexibility index (Phi) is 4.18. The number of hydrogen-bond acceptors (Lipinski definition) is 5. The van der Waals surface area contributed by atoms with Crippen molar-refractivity contribution in [3.8, 4) is 0 Å². The van der Waals surface area contributed by atoms with Crippen LogP contribution in [0.2, 0.25) is 0 Å². The number of benzene rings is 1. The summed E-state index contributed by atoms with van der Waals surface area (Å²) in [5.74, 6) is -0.606. The summed E-state index contributed by atoms with van der Waals surface area (Å²) in [5, 5.41) is 3.18. The number of nitrogens with one attached hydrogen (secondary N) is 1. The molecule has 0 amide bonds. The fraction of sp³-hybridized carbons (Fsp3) is 0.600. The molecular formula is C20H27NO4. The molecule has 0 spiro atoms. The second-order valence-electron chi connectivity index (χ2n) is 8.58. The fourth-order valence-electron chi connectivity index (χ4n) is 4.29. The molecule has 1 saturated heterocycles. The van der Waals surface area contributed by atoms with Gasteiger partial charge in [0.15, 0.2) is 0 Å². The van der Waals surface area contributed by atoms with E-state index < -0.39 is 17.1 Å². The molecule has 0 unspecified atom stereocenters. The lowest BCUT2D eigenvalue weighted by atomic mass is 9.88. The molecule has 1 aromatic carbocycles. The predicted molar refractivity (Wildman–Crippen MR) is 93.6 cm³/mol. The van der Waals surface area contributed by atoms with Gasteiger partial charge in [-0.25, -0.2) is 0 Å². The molecule has 3 rings (SSSR count). The summed E-state index contributed by atoms with van der Waals surface area (Å²) in [7, 11) is 0. The van der Waals surface area contributed by atoms with Gasteiger partial charge < -0.3 is 14.8 Å². The van der Waals surface area contributed by atoms with Crippen molar-refractivity contribution in [2.75, 3.05) is 6.54 Å². The van der Waals surface area contributed by atoms with Gasteiger partial charge in [-0.15, -0.1) is 0 Å². The van der Waals surface area contributed by atoms with Crippen LogP contribution in [0.5, 0.6) is 0 Å². The van der Waals surface area contributed by atoms with E-state index in [1.54, 1.807) is 0 Å². The molecule has 1 saturated carbocycles. The molecule has 136 valence electrons. The van der Waals surface area contributed by atoms with Gasteiger partial charge in [-0.05, 0) is 37.7 Å². The normalized spacial score (nSPS) is 29.6. The van der Waals surface area contributed by atoms with Crippen molar-refractivity contribution in [2.45, 2.75) is 52.9 Å². The van der Waals surface area contributed by atoms with E-state index in [-0.39, 0.29) is 29.9 Å². The van der Waals surface area contributed by atoms with E-state index in [9.17, 15) is 9.59 Å². The van der Waals surface area contributed by atoms with Crippen LogP contribution >= 0.6 is 0 Å². The van der Waals surface area contributed by atoms with Gasteiger partial charge in [-0.2, -0.15) is 0 Å². The molecule has 2 fully saturated rings. The molecule has 0 aromatic heterocycles. The number of fused-ring (bicyclic) bond motifs is 1. The summed E-state index contributed by atoms with van der Waals surface area (Å²) in [4.78, 5) is 25.7. The molecule has 1 aliphatic heterocycles. The summed E-state index contributed by atoms with van der Waals surface area (Å²) in [6.45, 7) is 10.4. The van der Waals surface area contributed by atoms with Crippen LogP contribution in [0.4, 0.5) is 0 Å². The van der Waals surface area contributed by atoms with Crippen molar-refractivity contribution in [1.82, 2.24) is 5.32 Å². The van der Waals surface area contributed by atoms with Crippen molar-refractivity contribution >= 4 is 11.9 Å². The number of carbonyl (C=O) groups excluding carboxylic acids is 2. The molecule has 1 aliphatic carbocycles. The highest BCUT2D eigenvalue weighted by Gasteiger charge is 2.83. The number of ether oxygens (including phenoxy) is 2. The Labute approximate surface area is 149 Å². The molecule has 1 aromatic rings. The zero-order valence-electron chi connectivity index (χ0n) is 15.6. The van der Waals surface area contributed by atoms with Crippen LogP contribution in [0.1, 0.15) is 40.2 Å². The van der Waals surface area contributed by atoms with E-state index >= 15 is 0 Å². The van der Waals surface area contributed by atoms with Crippen molar-refractivity contribution < 1.29 is 19.1 Å². The van der Waals surface area contributed by atoms with Gasteiger partial charge in [-0.3, -0.25) is 9.59 Å². The van der Waals surface area contributed by atoms with Gasteiger partial charge in [0.1, 0.15) is 23.7 Å². The van der Waals surface area contributed by atoms with Crippen LogP contribution in [0, 0.1) is 16.7 Å². The molecule has 1 heterocycles. The lowest BCUT2D eigenvalue weighted by molar-refractivity contribution is -0.167. The fourth-order valence-corrected chi connectivity index (χ4v) is 4.29. The van der Waals surface area contributed by atoms with Gasteiger partial charge in [0, 0.05) is 6.54 Å². The third-order valence-electron chi connectivity index (χ3n) is 5.58. The monoisotopic (exact) mass is 345 g/mol. The molecule has 5 nitrogen and oxygen atoms in total. The maximum absolute atomic E-state index is 13.0. The maximum atomic E-state index is 13.0. The van der Waals surface area contributed by atoms with Crippen molar-refractivity contribution in [1.29, 1.82) is 0 Å². The Bertz CT molecular complexity index is 677. The van der Waals surface area contributed by atoms with Gasteiger partial charge in [0.05, 0.1) is 0 Å². The first-order valence-corrected chi connectivity index (χ1v) is 8.78. The predicted octanol–water partition coefficient (Wildman–Crippen LogP) is 2.69. The number of piperidine rings is 1. The van der Waals surface area contributed by atoms with Crippen LogP contribution in [0.25, 0.3) is 0 Å².